The molecule has 0 aliphatic heterocycles. The van der Waals surface area contributed by atoms with E-state index < -0.39 is 6.10 Å². The second-order valence-electron chi connectivity index (χ2n) is 20.2. The minimum absolute atomic E-state index is 0.0999. The van der Waals surface area contributed by atoms with E-state index in [9.17, 15) is 14.4 Å². The normalized spacial score (nSPS) is 12.9. The Morgan fingerprint density at radius 2 is 0.533 bits per heavy atom. The number of hydrogen-bond donors (Lipinski definition) is 0. The number of ether oxygens (including phenoxy) is 3. The van der Waals surface area contributed by atoms with Crippen molar-refractivity contribution >= 4 is 17.9 Å². The lowest BCUT2D eigenvalue weighted by Gasteiger charge is -2.18. The van der Waals surface area contributed by atoms with E-state index in [1.807, 2.05) is 0 Å². The standard InChI is InChI=1S/C69H114O6/c1-4-7-10-13-16-19-22-24-26-28-30-32-34-36-38-40-42-44-47-50-53-56-59-62-68(71)74-65-66(64-73-67(70)61-58-55-52-49-46-21-18-15-12-9-6-3)75-69(72)63-60-57-54-51-48-45-43-41-39-37-35-33-31-29-27-25-23-20-17-14-11-8-5-2/h7,10,16,19,23-26,29-32,35-38,42,44,50,53,66H,4-6,8-9,11-15,17-18,20-22,27-28,33-34,39-41,43,45-49,51-52,54-65H2,1-3H3/b10-7-,19-16-,25-23-,26-24-,31-29-,32-30-,37-35-,38-36-,44-42-,53-50-. The number of esters is 3. The van der Waals surface area contributed by atoms with Crippen molar-refractivity contribution in [2.24, 2.45) is 0 Å². The number of unbranched alkanes of at least 4 members (excludes halogenated alkanes) is 24. The molecule has 0 aliphatic carbocycles. The van der Waals surface area contributed by atoms with Crippen molar-refractivity contribution in [1.82, 2.24) is 0 Å². The average Bonchev–Trinajstić information content (AvgIpc) is 3.41. The third-order valence-corrected chi connectivity index (χ3v) is 13.0. The summed E-state index contributed by atoms with van der Waals surface area (Å²) in [6, 6.07) is 0. The van der Waals surface area contributed by atoms with Gasteiger partial charge < -0.3 is 14.2 Å². The van der Waals surface area contributed by atoms with Crippen molar-refractivity contribution in [2.75, 3.05) is 13.2 Å². The lowest BCUT2D eigenvalue weighted by molar-refractivity contribution is -0.167. The molecule has 6 nitrogen and oxygen atoms in total. The van der Waals surface area contributed by atoms with Crippen LogP contribution in [0.1, 0.15) is 278 Å². The minimum Gasteiger partial charge on any atom is -0.462 e. The highest BCUT2D eigenvalue weighted by Crippen LogP contribution is 2.15. The van der Waals surface area contributed by atoms with Crippen LogP contribution in [0.3, 0.4) is 0 Å². The molecule has 0 aromatic rings. The Balaban J connectivity index is 4.44. The van der Waals surface area contributed by atoms with Gasteiger partial charge in [0.1, 0.15) is 13.2 Å². The molecule has 0 rings (SSSR count). The monoisotopic (exact) mass is 1040 g/mol. The van der Waals surface area contributed by atoms with Crippen LogP contribution >= 0.6 is 0 Å². The first kappa shape index (κ1) is 70.8. The third-order valence-electron chi connectivity index (χ3n) is 13.0. The summed E-state index contributed by atoms with van der Waals surface area (Å²) in [5, 5.41) is 0. The fourth-order valence-corrected chi connectivity index (χ4v) is 8.32. The Hall–Kier alpha value is -4.19. The first-order valence-corrected chi connectivity index (χ1v) is 31.0. The van der Waals surface area contributed by atoms with Crippen LogP contribution in [0.4, 0.5) is 0 Å². The molecule has 0 radical (unpaired) electrons. The SMILES string of the molecule is CC/C=C\C/C=C\C/C=C\C/C=C\C/C=C\C/C=C\C/C=C\CCCC(=O)OCC(COC(=O)CCCCCCCCCCCCC)OC(=O)CCCCCCCCCC/C=C\C/C=C\C/C=C\CCCCCCC. The highest BCUT2D eigenvalue weighted by atomic mass is 16.6. The van der Waals surface area contributed by atoms with Crippen molar-refractivity contribution < 1.29 is 28.6 Å². The number of allylic oxidation sites excluding steroid dienone is 20. The molecule has 426 valence electrons. The summed E-state index contributed by atoms with van der Waals surface area (Å²) in [7, 11) is 0. The van der Waals surface area contributed by atoms with Gasteiger partial charge in [-0.15, -0.1) is 0 Å². The lowest BCUT2D eigenvalue weighted by Crippen LogP contribution is -2.30. The maximum absolute atomic E-state index is 12.9. The Bertz CT molecular complexity index is 1570. The molecule has 75 heavy (non-hydrogen) atoms. The summed E-state index contributed by atoms with van der Waals surface area (Å²) in [4.78, 5) is 38.2. The molecule has 0 aliphatic rings. The van der Waals surface area contributed by atoms with Crippen LogP contribution in [0.25, 0.3) is 0 Å². The van der Waals surface area contributed by atoms with E-state index in [4.69, 9.17) is 14.2 Å². The van der Waals surface area contributed by atoms with E-state index in [-0.39, 0.29) is 37.5 Å². The quantitative estimate of drug-likeness (QED) is 0.0261. The lowest BCUT2D eigenvalue weighted by atomic mass is 10.1. The number of carbonyl (C=O) groups is 3. The molecule has 0 amide bonds. The van der Waals surface area contributed by atoms with Crippen LogP contribution in [0, 0.1) is 0 Å². The maximum atomic E-state index is 12.9. The molecule has 1 atom stereocenters. The van der Waals surface area contributed by atoms with Gasteiger partial charge in [0.05, 0.1) is 0 Å². The minimum atomic E-state index is -0.808. The Morgan fingerprint density at radius 3 is 0.867 bits per heavy atom. The predicted octanol–water partition coefficient (Wildman–Crippen LogP) is 21.2. The molecule has 0 bridgehead atoms. The van der Waals surface area contributed by atoms with Crippen LogP contribution in [-0.2, 0) is 28.6 Å². The van der Waals surface area contributed by atoms with E-state index in [0.717, 1.165) is 109 Å². The Labute approximate surface area is 462 Å². The van der Waals surface area contributed by atoms with Gasteiger partial charge in [-0.3, -0.25) is 14.4 Å². The van der Waals surface area contributed by atoms with Gasteiger partial charge in [0.25, 0.3) is 0 Å². The van der Waals surface area contributed by atoms with Gasteiger partial charge in [-0.2, -0.15) is 0 Å². The molecule has 0 fully saturated rings. The summed E-state index contributed by atoms with van der Waals surface area (Å²) >= 11 is 0. The molecule has 1 unspecified atom stereocenters. The van der Waals surface area contributed by atoms with Crippen molar-refractivity contribution in [3.05, 3.63) is 122 Å². The van der Waals surface area contributed by atoms with Crippen LogP contribution in [-0.4, -0.2) is 37.2 Å². The summed E-state index contributed by atoms with van der Waals surface area (Å²) in [6.45, 7) is 6.46. The summed E-state index contributed by atoms with van der Waals surface area (Å²) in [5.74, 6) is -0.968. The maximum Gasteiger partial charge on any atom is 0.306 e. The molecule has 0 N–H and O–H groups in total. The van der Waals surface area contributed by atoms with Crippen LogP contribution in [0.15, 0.2) is 122 Å². The van der Waals surface area contributed by atoms with Gasteiger partial charge >= 0.3 is 17.9 Å². The smallest absolute Gasteiger partial charge is 0.306 e. The molecular formula is C69H114O6. The van der Waals surface area contributed by atoms with E-state index in [0.29, 0.717) is 19.3 Å². The molecule has 0 aromatic carbocycles. The highest BCUT2D eigenvalue weighted by molar-refractivity contribution is 5.71. The highest BCUT2D eigenvalue weighted by Gasteiger charge is 2.19. The van der Waals surface area contributed by atoms with E-state index in [1.165, 1.54) is 122 Å². The molecule has 0 saturated carbocycles. The zero-order chi connectivity index (χ0) is 54.3. The third kappa shape index (κ3) is 60.6. The van der Waals surface area contributed by atoms with Crippen molar-refractivity contribution in [3.63, 3.8) is 0 Å². The summed E-state index contributed by atoms with van der Waals surface area (Å²) in [5.41, 5.74) is 0. The van der Waals surface area contributed by atoms with Crippen LogP contribution in [0.2, 0.25) is 0 Å². The second kappa shape index (κ2) is 62.4. The largest absolute Gasteiger partial charge is 0.462 e. The zero-order valence-electron chi connectivity index (χ0n) is 48.8. The van der Waals surface area contributed by atoms with Gasteiger partial charge in [0.2, 0.25) is 0 Å². The second-order valence-corrected chi connectivity index (χ2v) is 20.2. The Morgan fingerprint density at radius 1 is 0.280 bits per heavy atom. The van der Waals surface area contributed by atoms with Crippen LogP contribution < -0.4 is 0 Å². The topological polar surface area (TPSA) is 78.9 Å². The van der Waals surface area contributed by atoms with Crippen molar-refractivity contribution in [2.45, 2.75) is 284 Å². The molecule has 0 aromatic heterocycles. The number of rotatable bonds is 55. The number of hydrogen-bond acceptors (Lipinski definition) is 6. The van der Waals surface area contributed by atoms with Crippen molar-refractivity contribution in [3.8, 4) is 0 Å². The van der Waals surface area contributed by atoms with Gasteiger partial charge in [-0.05, 0) is 109 Å². The molecule has 0 saturated heterocycles. The number of carbonyl (C=O) groups excluding carboxylic acids is 3. The van der Waals surface area contributed by atoms with Gasteiger partial charge in [0.15, 0.2) is 6.10 Å². The van der Waals surface area contributed by atoms with E-state index in [1.54, 1.807) is 0 Å². The fourth-order valence-electron chi connectivity index (χ4n) is 8.32. The van der Waals surface area contributed by atoms with Gasteiger partial charge in [-0.25, -0.2) is 0 Å². The Kier molecular flexibility index (Phi) is 58.9. The molecule has 0 spiro atoms. The summed E-state index contributed by atoms with van der Waals surface area (Å²) < 4.78 is 16.8. The van der Waals surface area contributed by atoms with Crippen LogP contribution in [0.5, 0.6) is 0 Å². The summed E-state index contributed by atoms with van der Waals surface area (Å²) in [6.07, 6.45) is 86.3. The zero-order valence-corrected chi connectivity index (χ0v) is 48.8. The fraction of sp³-hybridized carbons (Fsp3) is 0.667. The first-order chi connectivity index (χ1) is 37.0. The molecule has 6 heteroatoms. The molecule has 0 heterocycles. The van der Waals surface area contributed by atoms with Gasteiger partial charge in [0, 0.05) is 19.3 Å². The van der Waals surface area contributed by atoms with Crippen molar-refractivity contribution in [1.29, 1.82) is 0 Å². The molecular weight excluding hydrogens is 925 g/mol. The predicted molar refractivity (Wildman–Crippen MR) is 325 cm³/mol. The van der Waals surface area contributed by atoms with E-state index in [2.05, 4.69) is 142 Å². The van der Waals surface area contributed by atoms with E-state index >= 15 is 0 Å². The first-order valence-electron chi connectivity index (χ1n) is 31.0. The average molecular weight is 1040 g/mol. The van der Waals surface area contributed by atoms with Gasteiger partial charge in [-0.1, -0.05) is 271 Å².